The maximum absolute atomic E-state index is 14.1. The molecule has 7 nitrogen and oxygen atoms in total. The Hall–Kier alpha value is -3.24. The maximum Gasteiger partial charge on any atom is 0.232 e. The number of nitrogens with zero attached hydrogens (tertiary/aromatic N) is 1. The van der Waals surface area contributed by atoms with Crippen molar-refractivity contribution >= 4 is 15.9 Å². The first-order valence-corrected chi connectivity index (χ1v) is 14.2. The van der Waals surface area contributed by atoms with E-state index in [0.717, 1.165) is 46.3 Å². The lowest BCUT2D eigenvalue weighted by atomic mass is 9.64. The number of nitrogens with one attached hydrogen (secondary N) is 1. The molecular formula is C28H35F2N3O4S. The number of benzene rings is 2. The number of amides is 1. The molecule has 1 amide bonds. The van der Waals surface area contributed by atoms with Crippen molar-refractivity contribution < 1.29 is 27.1 Å². The molecule has 4 N–H and O–H groups in total. The van der Waals surface area contributed by atoms with Gasteiger partial charge in [0.1, 0.15) is 11.6 Å². The third-order valence-electron chi connectivity index (χ3n) is 6.96. The smallest absolute Gasteiger partial charge is 0.232 e. The maximum atomic E-state index is 14.1. The average Bonchev–Trinajstić information content (AvgIpc) is 2.82. The van der Waals surface area contributed by atoms with Crippen molar-refractivity contribution in [1.29, 1.82) is 0 Å². The standard InChI is InChI=1S/C28H35F2N3O4S/c1-5-19-7-6-8-20(12-19)17-32-26-24(11-18(2)34)28(27(31)35,10-9-25(26)33(3)38(4,36)37)16-21-13-22(29)15-23(30)14-21/h6-10,12-15,18,24,32,34H,5,11,16-17H2,1-4H3,(H2,31,35)/t18?,24-,28+/m0/s1. The molecular weight excluding hydrogens is 512 g/mol. The number of hydrogen-bond donors (Lipinski definition) is 3. The van der Waals surface area contributed by atoms with Crippen LogP contribution in [0.15, 0.2) is 66.0 Å². The van der Waals surface area contributed by atoms with E-state index in [1.165, 1.54) is 19.2 Å². The zero-order chi connectivity index (χ0) is 28.3. The quantitative estimate of drug-likeness (QED) is 0.399. The predicted octanol–water partition coefficient (Wildman–Crippen LogP) is 3.39. The summed E-state index contributed by atoms with van der Waals surface area (Å²) in [5, 5.41) is 13.8. The number of sulfonamides is 1. The minimum atomic E-state index is -3.70. The van der Waals surface area contributed by atoms with E-state index in [9.17, 15) is 27.1 Å². The SMILES string of the molecule is CCc1cccc(CNC2=C(N(C)S(C)(=O)=O)C=C[C@](Cc3cc(F)cc(F)c3)(C(N)=O)[C@H]2CC(C)O)c1. The third-order valence-corrected chi connectivity index (χ3v) is 8.15. The number of aliphatic hydroxyl groups is 1. The van der Waals surface area contributed by atoms with Crippen molar-refractivity contribution in [3.05, 3.63) is 94.3 Å². The number of halogens is 2. The summed E-state index contributed by atoms with van der Waals surface area (Å²) < 4.78 is 54.3. The fourth-order valence-electron chi connectivity index (χ4n) is 4.94. The zero-order valence-corrected chi connectivity index (χ0v) is 22.9. The second-order valence-electron chi connectivity index (χ2n) is 9.89. The molecule has 3 rings (SSSR count). The van der Waals surface area contributed by atoms with E-state index >= 15 is 0 Å². The number of hydrogen-bond acceptors (Lipinski definition) is 5. The number of likely N-dealkylation sites (N-methyl/N-ethyl adjacent to an activating group) is 1. The first kappa shape index (κ1) is 29.3. The van der Waals surface area contributed by atoms with Gasteiger partial charge in [0.05, 0.1) is 23.5 Å². The summed E-state index contributed by atoms with van der Waals surface area (Å²) in [7, 11) is -2.31. The van der Waals surface area contributed by atoms with Crippen molar-refractivity contribution in [3.8, 4) is 0 Å². The molecule has 2 aromatic rings. The van der Waals surface area contributed by atoms with E-state index in [2.05, 4.69) is 5.32 Å². The fourth-order valence-corrected chi connectivity index (χ4v) is 5.45. The minimum Gasteiger partial charge on any atom is -0.393 e. The molecule has 1 aliphatic rings. The van der Waals surface area contributed by atoms with Gasteiger partial charge in [0, 0.05) is 31.3 Å². The Kier molecular flexibility index (Phi) is 8.99. The average molecular weight is 548 g/mol. The van der Waals surface area contributed by atoms with E-state index in [1.54, 1.807) is 6.92 Å². The van der Waals surface area contributed by atoms with E-state index in [-0.39, 0.29) is 24.1 Å². The van der Waals surface area contributed by atoms with E-state index in [4.69, 9.17) is 5.73 Å². The van der Waals surface area contributed by atoms with Crippen molar-refractivity contribution in [2.24, 2.45) is 17.1 Å². The van der Waals surface area contributed by atoms with Crippen LogP contribution in [0.2, 0.25) is 0 Å². The molecule has 1 aliphatic carbocycles. The number of rotatable bonds is 11. The van der Waals surface area contributed by atoms with Crippen LogP contribution in [0.1, 0.15) is 37.0 Å². The van der Waals surface area contributed by atoms with Gasteiger partial charge in [0.15, 0.2) is 0 Å². The van der Waals surface area contributed by atoms with E-state index in [0.29, 0.717) is 12.2 Å². The first-order chi connectivity index (χ1) is 17.8. The zero-order valence-electron chi connectivity index (χ0n) is 22.0. The van der Waals surface area contributed by atoms with Gasteiger partial charge in [-0.15, -0.1) is 0 Å². The normalized spacial score (nSPS) is 20.3. The molecule has 38 heavy (non-hydrogen) atoms. The lowest BCUT2D eigenvalue weighted by Gasteiger charge is -2.43. The molecule has 0 heterocycles. The van der Waals surface area contributed by atoms with Crippen LogP contribution in [0.3, 0.4) is 0 Å². The van der Waals surface area contributed by atoms with Gasteiger partial charge in [-0.3, -0.25) is 9.10 Å². The molecule has 10 heteroatoms. The second kappa shape index (κ2) is 11.7. The summed E-state index contributed by atoms with van der Waals surface area (Å²) in [6.07, 6.45) is 3.85. The van der Waals surface area contributed by atoms with Crippen LogP contribution < -0.4 is 11.1 Å². The Labute approximate surface area is 223 Å². The first-order valence-electron chi connectivity index (χ1n) is 12.4. The topological polar surface area (TPSA) is 113 Å². The minimum absolute atomic E-state index is 0.0313. The van der Waals surface area contributed by atoms with Crippen LogP contribution in [-0.2, 0) is 34.2 Å². The van der Waals surface area contributed by atoms with Gasteiger partial charge in [-0.2, -0.15) is 0 Å². The van der Waals surface area contributed by atoms with Gasteiger partial charge in [-0.05, 0) is 61.1 Å². The van der Waals surface area contributed by atoms with Crippen molar-refractivity contribution in [1.82, 2.24) is 9.62 Å². The van der Waals surface area contributed by atoms with Gasteiger partial charge in [-0.1, -0.05) is 37.3 Å². The van der Waals surface area contributed by atoms with Gasteiger partial charge in [-0.25, -0.2) is 17.2 Å². The van der Waals surface area contributed by atoms with E-state index in [1.807, 2.05) is 31.2 Å². The number of primary amides is 1. The number of allylic oxidation sites excluding steroid dienone is 2. The second-order valence-corrected chi connectivity index (χ2v) is 11.9. The summed E-state index contributed by atoms with van der Waals surface area (Å²) in [5.74, 6) is -3.19. The van der Waals surface area contributed by atoms with Gasteiger partial charge in [0.25, 0.3) is 0 Å². The molecule has 0 radical (unpaired) electrons. The highest BCUT2D eigenvalue weighted by molar-refractivity contribution is 7.88. The van der Waals surface area contributed by atoms with Crippen LogP contribution in [-0.4, -0.2) is 43.1 Å². The van der Waals surface area contributed by atoms with E-state index < -0.39 is 45.0 Å². The lowest BCUT2D eigenvalue weighted by molar-refractivity contribution is -0.127. The number of aryl methyl sites for hydroxylation is 1. The Morgan fingerprint density at radius 3 is 2.34 bits per heavy atom. The van der Waals surface area contributed by atoms with Gasteiger partial charge >= 0.3 is 0 Å². The van der Waals surface area contributed by atoms with Gasteiger partial charge in [0.2, 0.25) is 15.9 Å². The van der Waals surface area contributed by atoms with Crippen LogP contribution in [0, 0.1) is 23.0 Å². The van der Waals surface area contributed by atoms with Crippen LogP contribution in [0.4, 0.5) is 8.78 Å². The molecule has 0 saturated carbocycles. The summed E-state index contributed by atoms with van der Waals surface area (Å²) in [5.41, 5.74) is 7.39. The highest BCUT2D eigenvalue weighted by Crippen LogP contribution is 2.45. The van der Waals surface area contributed by atoms with Crippen molar-refractivity contribution in [3.63, 3.8) is 0 Å². The number of carbonyl (C=O) groups excluding carboxylic acids is 1. The third kappa shape index (κ3) is 6.60. The molecule has 0 aromatic heterocycles. The molecule has 0 fully saturated rings. The lowest BCUT2D eigenvalue weighted by Crippen LogP contribution is -2.50. The van der Waals surface area contributed by atoms with Gasteiger partial charge < -0.3 is 16.2 Å². The summed E-state index contributed by atoms with van der Waals surface area (Å²) >= 11 is 0. The summed E-state index contributed by atoms with van der Waals surface area (Å²) in [4.78, 5) is 13.1. The number of nitrogens with two attached hydrogens (primary N) is 1. The summed E-state index contributed by atoms with van der Waals surface area (Å²) in [6.45, 7) is 3.89. The Balaban J connectivity index is 2.18. The highest BCUT2D eigenvalue weighted by atomic mass is 32.2. The van der Waals surface area contributed by atoms with Crippen LogP contribution >= 0.6 is 0 Å². The fraction of sp³-hybridized carbons (Fsp3) is 0.393. The molecule has 0 bridgehead atoms. The molecule has 206 valence electrons. The predicted molar refractivity (Wildman–Crippen MR) is 143 cm³/mol. The molecule has 0 saturated heterocycles. The van der Waals surface area contributed by atoms with Crippen molar-refractivity contribution in [2.75, 3.05) is 13.3 Å². The largest absolute Gasteiger partial charge is 0.393 e. The number of carbonyl (C=O) groups is 1. The summed E-state index contributed by atoms with van der Waals surface area (Å²) in [6, 6.07) is 10.9. The molecule has 1 unspecified atom stereocenters. The highest BCUT2D eigenvalue weighted by Gasteiger charge is 2.48. The van der Waals surface area contributed by atoms with Crippen molar-refractivity contribution in [2.45, 2.75) is 45.8 Å². The molecule has 0 spiro atoms. The van der Waals surface area contributed by atoms with Crippen LogP contribution in [0.5, 0.6) is 0 Å². The molecule has 3 atom stereocenters. The Morgan fingerprint density at radius 2 is 1.79 bits per heavy atom. The molecule has 0 aliphatic heterocycles. The Bertz CT molecular complexity index is 1340. The Morgan fingerprint density at radius 1 is 1.16 bits per heavy atom. The number of aliphatic hydroxyl groups excluding tert-OH is 1. The monoisotopic (exact) mass is 547 g/mol. The van der Waals surface area contributed by atoms with Crippen LogP contribution in [0.25, 0.3) is 0 Å². The molecule has 2 aromatic carbocycles.